The van der Waals surface area contributed by atoms with Crippen LogP contribution in [0.2, 0.25) is 0 Å². The molecule has 2 heterocycles. The third-order valence-corrected chi connectivity index (χ3v) is 2.38. The Bertz CT molecular complexity index is 610. The second kappa shape index (κ2) is 2.58. The van der Waals surface area contributed by atoms with Crippen molar-refractivity contribution in [3.63, 3.8) is 0 Å². The number of aromatic nitrogens is 1. The van der Waals surface area contributed by atoms with Gasteiger partial charge in [-0.15, -0.1) is 0 Å². The molecule has 0 amide bonds. The summed E-state index contributed by atoms with van der Waals surface area (Å²) >= 11 is 0. The van der Waals surface area contributed by atoms with Crippen molar-refractivity contribution in [3.8, 4) is 0 Å². The second-order valence-electron chi connectivity index (χ2n) is 3.45. The average molecular weight is 183 g/mol. The van der Waals surface area contributed by atoms with Gasteiger partial charge in [0.2, 0.25) is 0 Å². The third kappa shape index (κ3) is 0.940. The molecule has 3 aromatic rings. The standard InChI is InChI=1S/C12H9NO/c1-8-4-5-9-11(7-8)14-10-3-2-6-13-12(9)10/h2-7H,1H3. The molecule has 2 nitrogen and oxygen atoms in total. The molecule has 0 spiro atoms. The highest BCUT2D eigenvalue weighted by atomic mass is 16.3. The van der Waals surface area contributed by atoms with Gasteiger partial charge in [0.1, 0.15) is 11.1 Å². The van der Waals surface area contributed by atoms with Gasteiger partial charge in [-0.2, -0.15) is 0 Å². The summed E-state index contributed by atoms with van der Waals surface area (Å²) in [6.07, 6.45) is 1.79. The first-order chi connectivity index (χ1) is 6.84. The molecule has 0 saturated heterocycles. The Kier molecular flexibility index (Phi) is 1.39. The van der Waals surface area contributed by atoms with Gasteiger partial charge >= 0.3 is 0 Å². The van der Waals surface area contributed by atoms with Crippen LogP contribution in [0.1, 0.15) is 5.56 Å². The number of hydrogen-bond donors (Lipinski definition) is 0. The summed E-state index contributed by atoms with van der Waals surface area (Å²) in [4.78, 5) is 4.31. The topological polar surface area (TPSA) is 26.0 Å². The van der Waals surface area contributed by atoms with Crippen LogP contribution in [0.25, 0.3) is 22.1 Å². The highest BCUT2D eigenvalue weighted by Gasteiger charge is 2.06. The Morgan fingerprint density at radius 1 is 1.14 bits per heavy atom. The average Bonchev–Trinajstić information content (AvgIpc) is 2.54. The Morgan fingerprint density at radius 3 is 3.00 bits per heavy atom. The number of aryl methyl sites for hydroxylation is 1. The zero-order valence-electron chi connectivity index (χ0n) is 7.82. The molecule has 0 fully saturated rings. The van der Waals surface area contributed by atoms with Crippen LogP contribution in [0.3, 0.4) is 0 Å². The van der Waals surface area contributed by atoms with E-state index in [1.54, 1.807) is 6.20 Å². The molecule has 0 unspecified atom stereocenters. The quantitative estimate of drug-likeness (QED) is 0.534. The Labute approximate surface area is 81.2 Å². The molecule has 2 heteroatoms. The summed E-state index contributed by atoms with van der Waals surface area (Å²) in [6.45, 7) is 2.06. The van der Waals surface area contributed by atoms with Crippen LogP contribution in [0.15, 0.2) is 40.9 Å². The van der Waals surface area contributed by atoms with Crippen molar-refractivity contribution >= 4 is 22.1 Å². The molecule has 14 heavy (non-hydrogen) atoms. The number of nitrogens with zero attached hydrogens (tertiary/aromatic N) is 1. The molecule has 3 rings (SSSR count). The van der Waals surface area contributed by atoms with E-state index in [1.807, 2.05) is 18.2 Å². The lowest BCUT2D eigenvalue weighted by Gasteiger charge is -1.89. The number of pyridine rings is 1. The summed E-state index contributed by atoms with van der Waals surface area (Å²) < 4.78 is 5.67. The van der Waals surface area contributed by atoms with Crippen molar-refractivity contribution in [3.05, 3.63) is 42.1 Å². The molecule has 0 atom stereocenters. The van der Waals surface area contributed by atoms with E-state index >= 15 is 0 Å². The first kappa shape index (κ1) is 7.56. The van der Waals surface area contributed by atoms with Crippen LogP contribution in [0, 0.1) is 6.92 Å². The summed E-state index contributed by atoms with van der Waals surface area (Å²) in [5.74, 6) is 0. The van der Waals surface area contributed by atoms with Crippen molar-refractivity contribution in [2.24, 2.45) is 0 Å². The summed E-state index contributed by atoms with van der Waals surface area (Å²) in [5, 5.41) is 1.09. The van der Waals surface area contributed by atoms with Gasteiger partial charge in [-0.1, -0.05) is 6.07 Å². The number of hydrogen-bond acceptors (Lipinski definition) is 2. The van der Waals surface area contributed by atoms with Gasteiger partial charge in [-0.25, -0.2) is 0 Å². The van der Waals surface area contributed by atoms with Crippen molar-refractivity contribution < 1.29 is 4.42 Å². The monoisotopic (exact) mass is 183 g/mol. The minimum absolute atomic E-state index is 0.855. The SMILES string of the molecule is Cc1ccc2c(c1)oc1cccnc12. The molecular formula is C12H9NO. The fourth-order valence-electron chi connectivity index (χ4n) is 1.70. The molecule has 0 aliphatic heterocycles. The number of benzene rings is 1. The predicted octanol–water partition coefficient (Wildman–Crippen LogP) is 3.29. The van der Waals surface area contributed by atoms with E-state index in [0.29, 0.717) is 0 Å². The highest BCUT2D eigenvalue weighted by molar-refractivity contribution is 6.02. The number of fused-ring (bicyclic) bond motifs is 3. The fourth-order valence-corrected chi connectivity index (χ4v) is 1.70. The number of furan rings is 1. The molecule has 0 saturated carbocycles. The van der Waals surface area contributed by atoms with Gasteiger partial charge in [0, 0.05) is 11.6 Å². The Hall–Kier alpha value is -1.83. The Balaban J connectivity index is 2.57. The van der Waals surface area contributed by atoms with Crippen molar-refractivity contribution in [2.45, 2.75) is 6.92 Å². The lowest BCUT2D eigenvalue weighted by molar-refractivity contribution is 0.668. The lowest BCUT2D eigenvalue weighted by Crippen LogP contribution is -1.72. The van der Waals surface area contributed by atoms with Gasteiger partial charge in [0.25, 0.3) is 0 Å². The first-order valence-electron chi connectivity index (χ1n) is 4.58. The minimum atomic E-state index is 0.855. The summed E-state index contributed by atoms with van der Waals surface area (Å²) in [5.41, 5.74) is 3.92. The zero-order chi connectivity index (χ0) is 9.54. The zero-order valence-corrected chi connectivity index (χ0v) is 7.82. The molecule has 0 aliphatic carbocycles. The molecule has 0 radical (unpaired) electrons. The van der Waals surface area contributed by atoms with Crippen LogP contribution < -0.4 is 0 Å². The van der Waals surface area contributed by atoms with Crippen molar-refractivity contribution in [1.29, 1.82) is 0 Å². The van der Waals surface area contributed by atoms with E-state index in [1.165, 1.54) is 5.56 Å². The van der Waals surface area contributed by atoms with Crippen LogP contribution in [0.5, 0.6) is 0 Å². The van der Waals surface area contributed by atoms with E-state index in [9.17, 15) is 0 Å². The number of rotatable bonds is 0. The normalized spacial score (nSPS) is 11.2. The van der Waals surface area contributed by atoms with E-state index < -0.39 is 0 Å². The predicted molar refractivity (Wildman–Crippen MR) is 56.3 cm³/mol. The van der Waals surface area contributed by atoms with E-state index in [0.717, 1.165) is 22.1 Å². The molecule has 0 N–H and O–H groups in total. The van der Waals surface area contributed by atoms with Gasteiger partial charge in [-0.3, -0.25) is 4.98 Å². The van der Waals surface area contributed by atoms with E-state index in [-0.39, 0.29) is 0 Å². The molecule has 1 aromatic carbocycles. The molecular weight excluding hydrogens is 174 g/mol. The fraction of sp³-hybridized carbons (Fsp3) is 0.0833. The van der Waals surface area contributed by atoms with Gasteiger partial charge < -0.3 is 4.42 Å². The lowest BCUT2D eigenvalue weighted by atomic mass is 10.2. The van der Waals surface area contributed by atoms with Crippen molar-refractivity contribution in [1.82, 2.24) is 4.98 Å². The smallest absolute Gasteiger partial charge is 0.153 e. The summed E-state index contributed by atoms with van der Waals surface area (Å²) in [6, 6.07) is 10.0. The molecule has 0 bridgehead atoms. The molecule has 0 aliphatic rings. The largest absolute Gasteiger partial charge is 0.454 e. The van der Waals surface area contributed by atoms with Gasteiger partial charge in [0.15, 0.2) is 5.58 Å². The maximum absolute atomic E-state index is 5.67. The van der Waals surface area contributed by atoms with Crippen molar-refractivity contribution in [2.75, 3.05) is 0 Å². The second-order valence-corrected chi connectivity index (χ2v) is 3.45. The minimum Gasteiger partial charge on any atom is -0.454 e. The highest BCUT2D eigenvalue weighted by Crippen LogP contribution is 2.26. The van der Waals surface area contributed by atoms with Crippen LogP contribution in [-0.4, -0.2) is 4.98 Å². The van der Waals surface area contributed by atoms with Crippen LogP contribution in [-0.2, 0) is 0 Å². The van der Waals surface area contributed by atoms with Crippen LogP contribution in [0.4, 0.5) is 0 Å². The van der Waals surface area contributed by atoms with Gasteiger partial charge in [0.05, 0.1) is 0 Å². The first-order valence-corrected chi connectivity index (χ1v) is 4.58. The Morgan fingerprint density at radius 2 is 2.07 bits per heavy atom. The maximum Gasteiger partial charge on any atom is 0.153 e. The maximum atomic E-state index is 5.67. The summed E-state index contributed by atoms with van der Waals surface area (Å²) in [7, 11) is 0. The van der Waals surface area contributed by atoms with E-state index in [4.69, 9.17) is 4.42 Å². The van der Waals surface area contributed by atoms with Crippen LogP contribution >= 0.6 is 0 Å². The molecule has 68 valence electrons. The van der Waals surface area contributed by atoms with Gasteiger partial charge in [-0.05, 0) is 36.8 Å². The molecule has 2 aromatic heterocycles. The third-order valence-electron chi connectivity index (χ3n) is 2.38. The van der Waals surface area contributed by atoms with E-state index in [2.05, 4.69) is 24.0 Å².